The van der Waals surface area contributed by atoms with Crippen molar-refractivity contribution >= 4 is 11.9 Å². The van der Waals surface area contributed by atoms with Gasteiger partial charge in [0.25, 0.3) is 5.91 Å². The Morgan fingerprint density at radius 2 is 1.65 bits per heavy atom. The van der Waals surface area contributed by atoms with E-state index in [1.807, 2.05) is 56.3 Å². The van der Waals surface area contributed by atoms with Gasteiger partial charge < -0.3 is 10.1 Å². The molecule has 2 aromatic carbocycles. The summed E-state index contributed by atoms with van der Waals surface area (Å²) < 4.78 is 5.05. The number of carbonyl (C=O) groups is 2. The Morgan fingerprint density at radius 1 is 1.08 bits per heavy atom. The summed E-state index contributed by atoms with van der Waals surface area (Å²) in [4.78, 5) is 24.1. The fourth-order valence-corrected chi connectivity index (χ4v) is 2.27. The van der Waals surface area contributed by atoms with Gasteiger partial charge in [0.1, 0.15) is 5.54 Å². The van der Waals surface area contributed by atoms with Crippen molar-refractivity contribution in [3.8, 4) is 17.2 Å². The fraction of sp³-hybridized carbons (Fsp3) is 0.286. The van der Waals surface area contributed by atoms with Crippen LogP contribution in [0.1, 0.15) is 31.1 Å². The van der Waals surface area contributed by atoms with Crippen LogP contribution in [0.15, 0.2) is 54.6 Å². The van der Waals surface area contributed by atoms with Gasteiger partial charge in [0.05, 0.1) is 11.6 Å². The molecule has 5 heteroatoms. The van der Waals surface area contributed by atoms with E-state index in [9.17, 15) is 14.9 Å². The zero-order chi connectivity index (χ0) is 19.2. The zero-order valence-electron chi connectivity index (χ0n) is 15.2. The molecule has 0 aromatic heterocycles. The number of ether oxygens (including phenoxy) is 1. The van der Waals surface area contributed by atoms with Crippen LogP contribution in [0.2, 0.25) is 0 Å². The van der Waals surface area contributed by atoms with E-state index in [-0.39, 0.29) is 5.92 Å². The van der Waals surface area contributed by atoms with Gasteiger partial charge in [-0.1, -0.05) is 56.3 Å². The Labute approximate surface area is 153 Å². The molecule has 1 N–H and O–H groups in total. The molecule has 2 aromatic rings. The lowest BCUT2D eigenvalue weighted by Crippen LogP contribution is -2.50. The van der Waals surface area contributed by atoms with E-state index in [1.165, 1.54) is 0 Å². The van der Waals surface area contributed by atoms with E-state index >= 15 is 0 Å². The summed E-state index contributed by atoms with van der Waals surface area (Å²) in [7, 11) is 0. The zero-order valence-corrected chi connectivity index (χ0v) is 15.2. The number of amides is 1. The summed E-state index contributed by atoms with van der Waals surface area (Å²) in [6.45, 7) is 4.89. The monoisotopic (exact) mass is 350 g/mol. The van der Waals surface area contributed by atoms with Crippen molar-refractivity contribution in [2.45, 2.75) is 26.3 Å². The lowest BCUT2D eigenvalue weighted by molar-refractivity contribution is -0.125. The van der Waals surface area contributed by atoms with Crippen LogP contribution < -0.4 is 5.32 Å². The molecule has 0 unspecified atom stereocenters. The second-order valence-corrected chi connectivity index (χ2v) is 6.54. The first-order valence-electron chi connectivity index (χ1n) is 8.40. The molecule has 0 radical (unpaired) electrons. The number of esters is 1. The third-order valence-electron chi connectivity index (χ3n) is 4.35. The number of carbonyl (C=O) groups excluding carboxylic acids is 2. The molecule has 26 heavy (non-hydrogen) atoms. The van der Waals surface area contributed by atoms with Gasteiger partial charge in [0, 0.05) is 0 Å². The Hall–Kier alpha value is -3.13. The van der Waals surface area contributed by atoms with Crippen molar-refractivity contribution in [2.75, 3.05) is 6.61 Å². The summed E-state index contributed by atoms with van der Waals surface area (Å²) in [5.41, 5.74) is 1.41. The van der Waals surface area contributed by atoms with Gasteiger partial charge in [-0.3, -0.25) is 4.79 Å². The SMILES string of the molecule is CC(C)[C@](C)(C#N)NC(=O)COC(=O)c1ccc(-c2ccccc2)cc1. The lowest BCUT2D eigenvalue weighted by Gasteiger charge is -2.27. The number of benzene rings is 2. The highest BCUT2D eigenvalue weighted by atomic mass is 16.5. The average molecular weight is 350 g/mol. The predicted octanol–water partition coefficient (Wildman–Crippen LogP) is 3.56. The molecule has 0 saturated heterocycles. The van der Waals surface area contributed by atoms with Crippen molar-refractivity contribution in [3.05, 3.63) is 60.2 Å². The third kappa shape index (κ3) is 4.70. The molecule has 0 bridgehead atoms. The van der Waals surface area contributed by atoms with Crippen LogP contribution >= 0.6 is 0 Å². The molecule has 0 heterocycles. The highest BCUT2D eigenvalue weighted by Gasteiger charge is 2.30. The molecule has 5 nitrogen and oxygen atoms in total. The van der Waals surface area contributed by atoms with Crippen molar-refractivity contribution in [1.82, 2.24) is 5.32 Å². The summed E-state index contributed by atoms with van der Waals surface area (Å²) in [6.07, 6.45) is 0. The Balaban J connectivity index is 1.94. The van der Waals surface area contributed by atoms with Crippen molar-refractivity contribution in [3.63, 3.8) is 0 Å². The highest BCUT2D eigenvalue weighted by molar-refractivity contribution is 5.92. The van der Waals surface area contributed by atoms with Gasteiger partial charge in [0.2, 0.25) is 0 Å². The van der Waals surface area contributed by atoms with Crippen molar-refractivity contribution < 1.29 is 14.3 Å². The maximum Gasteiger partial charge on any atom is 0.338 e. The predicted molar refractivity (Wildman–Crippen MR) is 99.2 cm³/mol. The largest absolute Gasteiger partial charge is 0.452 e. The molecule has 0 saturated carbocycles. The van der Waals surface area contributed by atoms with Crippen LogP contribution in [-0.2, 0) is 9.53 Å². The van der Waals surface area contributed by atoms with Crippen LogP contribution in [0.3, 0.4) is 0 Å². The molecule has 134 valence electrons. The molecule has 2 rings (SSSR count). The smallest absolute Gasteiger partial charge is 0.338 e. The Kier molecular flexibility index (Phi) is 6.13. The maximum absolute atomic E-state index is 12.1. The highest BCUT2D eigenvalue weighted by Crippen LogP contribution is 2.19. The normalized spacial score (nSPS) is 12.7. The number of nitrogens with one attached hydrogen (secondary N) is 1. The molecule has 0 spiro atoms. The van der Waals surface area contributed by atoms with E-state index in [0.717, 1.165) is 11.1 Å². The van der Waals surface area contributed by atoms with Gasteiger partial charge in [-0.15, -0.1) is 0 Å². The van der Waals surface area contributed by atoms with Gasteiger partial charge in [-0.2, -0.15) is 5.26 Å². The second-order valence-electron chi connectivity index (χ2n) is 6.54. The summed E-state index contributed by atoms with van der Waals surface area (Å²) >= 11 is 0. The van der Waals surface area contributed by atoms with E-state index in [4.69, 9.17) is 4.74 Å². The number of hydrogen-bond donors (Lipinski definition) is 1. The number of nitrogens with zero attached hydrogens (tertiary/aromatic N) is 1. The van der Waals surface area contributed by atoms with Crippen LogP contribution in [0.5, 0.6) is 0 Å². The topological polar surface area (TPSA) is 79.2 Å². The maximum atomic E-state index is 12.1. The standard InChI is InChI=1S/C21H22N2O3/c1-15(2)21(3,14-22)23-19(24)13-26-20(25)18-11-9-17(10-12-18)16-7-5-4-6-8-16/h4-12,15H,13H2,1-3H3,(H,23,24)/t21-/m0/s1. The fourth-order valence-electron chi connectivity index (χ4n) is 2.27. The van der Waals surface area contributed by atoms with Crippen molar-refractivity contribution in [2.24, 2.45) is 5.92 Å². The summed E-state index contributed by atoms with van der Waals surface area (Å²) in [6, 6.07) is 18.9. The van der Waals surface area contributed by atoms with Crippen LogP contribution in [0.25, 0.3) is 11.1 Å². The Morgan fingerprint density at radius 3 is 2.19 bits per heavy atom. The summed E-state index contributed by atoms with van der Waals surface area (Å²) in [5, 5.41) is 11.8. The number of nitriles is 1. The molecule has 1 amide bonds. The molecular formula is C21H22N2O3. The molecular weight excluding hydrogens is 328 g/mol. The molecule has 0 fully saturated rings. The lowest BCUT2D eigenvalue weighted by atomic mass is 9.90. The third-order valence-corrected chi connectivity index (χ3v) is 4.35. The van der Waals surface area contributed by atoms with E-state index in [1.54, 1.807) is 19.1 Å². The summed E-state index contributed by atoms with van der Waals surface area (Å²) in [5.74, 6) is -1.15. The second kappa shape index (κ2) is 8.30. The molecule has 1 atom stereocenters. The van der Waals surface area contributed by atoms with E-state index in [0.29, 0.717) is 5.56 Å². The van der Waals surface area contributed by atoms with Crippen LogP contribution in [0.4, 0.5) is 0 Å². The minimum Gasteiger partial charge on any atom is -0.452 e. The number of hydrogen-bond acceptors (Lipinski definition) is 4. The first kappa shape index (κ1) is 19.2. The quantitative estimate of drug-likeness (QED) is 0.808. The Bertz CT molecular complexity index is 807. The first-order valence-corrected chi connectivity index (χ1v) is 8.40. The molecule has 0 aliphatic rings. The minimum atomic E-state index is -0.999. The first-order chi connectivity index (χ1) is 12.4. The van der Waals surface area contributed by atoms with Gasteiger partial charge in [-0.25, -0.2) is 4.79 Å². The molecule has 0 aliphatic heterocycles. The van der Waals surface area contributed by atoms with Gasteiger partial charge in [0.15, 0.2) is 6.61 Å². The molecule has 0 aliphatic carbocycles. The van der Waals surface area contributed by atoms with Gasteiger partial charge >= 0.3 is 5.97 Å². The average Bonchev–Trinajstić information content (AvgIpc) is 2.66. The van der Waals surface area contributed by atoms with Crippen LogP contribution in [0, 0.1) is 17.2 Å². The van der Waals surface area contributed by atoms with E-state index in [2.05, 4.69) is 11.4 Å². The van der Waals surface area contributed by atoms with Crippen molar-refractivity contribution in [1.29, 1.82) is 5.26 Å². The van der Waals surface area contributed by atoms with E-state index < -0.39 is 24.0 Å². The number of rotatable bonds is 6. The van der Waals surface area contributed by atoms with Crippen LogP contribution in [-0.4, -0.2) is 24.0 Å². The minimum absolute atomic E-state index is 0.0716. The van der Waals surface area contributed by atoms with Gasteiger partial charge in [-0.05, 0) is 36.1 Å².